The van der Waals surface area contributed by atoms with E-state index in [4.69, 9.17) is 37.4 Å². The molecule has 0 saturated carbocycles. The molecule has 0 fully saturated rings. The number of fused-ring (bicyclic) bond motifs is 1. The van der Waals surface area contributed by atoms with E-state index in [1.165, 1.54) is 29.9 Å². The molecule has 0 amide bonds. The van der Waals surface area contributed by atoms with Gasteiger partial charge in [0.05, 0.1) is 45.6 Å². The van der Waals surface area contributed by atoms with Crippen molar-refractivity contribution >= 4 is 52.6 Å². The van der Waals surface area contributed by atoms with Crippen LogP contribution in [-0.4, -0.2) is 30.2 Å². The van der Waals surface area contributed by atoms with Crippen LogP contribution in [-0.2, 0) is 14.3 Å². The van der Waals surface area contributed by atoms with Gasteiger partial charge in [0.2, 0.25) is 0 Å². The molecule has 2 aromatic carbocycles. The third-order valence-electron chi connectivity index (χ3n) is 5.52. The van der Waals surface area contributed by atoms with E-state index in [0.717, 1.165) is 0 Å². The van der Waals surface area contributed by atoms with Gasteiger partial charge in [0.15, 0.2) is 16.3 Å². The van der Waals surface area contributed by atoms with E-state index in [0.29, 0.717) is 36.2 Å². The number of nitrogens with zero attached hydrogens (tertiary/aromatic N) is 2. The molecule has 0 aliphatic carbocycles. The number of rotatable bonds is 6. The number of halogens is 2. The van der Waals surface area contributed by atoms with E-state index < -0.39 is 18.0 Å². The van der Waals surface area contributed by atoms with Crippen LogP contribution < -0.4 is 24.4 Å². The topological polar surface area (TPSA) is 96.2 Å². The van der Waals surface area contributed by atoms with Crippen molar-refractivity contribution in [3.63, 3.8) is 0 Å². The van der Waals surface area contributed by atoms with Crippen LogP contribution in [0.5, 0.6) is 11.5 Å². The summed E-state index contributed by atoms with van der Waals surface area (Å²) in [6.45, 7) is 4.83. The molecule has 1 aliphatic rings. The Bertz CT molecular complexity index is 1620. The Morgan fingerprint density at radius 2 is 1.89 bits per heavy atom. The summed E-state index contributed by atoms with van der Waals surface area (Å²) in [5.41, 5.74) is 1.53. The Balaban J connectivity index is 1.95. The molecule has 1 aromatic heterocycles. The average Bonchev–Trinajstić information content (AvgIpc) is 3.15. The molecule has 11 heteroatoms. The van der Waals surface area contributed by atoms with Crippen LogP contribution in [0.25, 0.3) is 6.08 Å². The van der Waals surface area contributed by atoms with Crippen LogP contribution in [0.15, 0.2) is 57.5 Å². The lowest BCUT2D eigenvalue weighted by Crippen LogP contribution is -2.40. The minimum Gasteiger partial charge on any atom is -0.493 e. The quantitative estimate of drug-likeness (QED) is 0.333. The summed E-state index contributed by atoms with van der Waals surface area (Å²) in [7, 11) is 1.43. The predicted octanol–water partition coefficient (Wildman–Crippen LogP) is 4.04. The van der Waals surface area contributed by atoms with E-state index >= 15 is 0 Å². The largest absolute Gasteiger partial charge is 0.493 e. The molecule has 8 nitrogen and oxygen atoms in total. The zero-order chi connectivity index (χ0) is 26.9. The van der Waals surface area contributed by atoms with Crippen molar-refractivity contribution in [2.75, 3.05) is 13.7 Å². The fraction of sp³-hybridized carbons (Fsp3) is 0.231. The zero-order valence-electron chi connectivity index (χ0n) is 20.3. The number of hydrogen-bond acceptors (Lipinski definition) is 8. The van der Waals surface area contributed by atoms with Crippen LogP contribution in [0.2, 0.25) is 10.0 Å². The average molecular weight is 561 g/mol. The molecule has 192 valence electrons. The van der Waals surface area contributed by atoms with Crippen LogP contribution in [0.1, 0.15) is 37.9 Å². The first-order chi connectivity index (χ1) is 17.6. The molecule has 0 N–H and O–H groups in total. The highest BCUT2D eigenvalue weighted by atomic mass is 35.5. The highest BCUT2D eigenvalue weighted by Gasteiger charge is 2.34. The van der Waals surface area contributed by atoms with Gasteiger partial charge in [-0.1, -0.05) is 46.7 Å². The number of thiazole rings is 1. The van der Waals surface area contributed by atoms with Gasteiger partial charge in [0.25, 0.3) is 5.56 Å². The second-order valence-electron chi connectivity index (χ2n) is 7.98. The summed E-state index contributed by atoms with van der Waals surface area (Å²) in [6, 6.07) is 9.04. The molecule has 0 unspecified atom stereocenters. The number of carbonyl (C=O) groups excluding carboxylic acids is 2. The number of benzene rings is 2. The minimum absolute atomic E-state index is 0.152. The van der Waals surface area contributed by atoms with Gasteiger partial charge in [-0.15, -0.1) is 0 Å². The van der Waals surface area contributed by atoms with E-state index in [1.807, 2.05) is 0 Å². The van der Waals surface area contributed by atoms with Crippen molar-refractivity contribution < 1.29 is 23.8 Å². The standard InChI is InChI=1S/C26H22Cl2N2O6S/c1-5-35-25(33)22-13(2)29-26-30(23(22)16-7-9-19(36-14(3)31)20(12-16)34-4)24(32)21(37-26)11-15-6-8-17(27)18(28)10-15/h6-12,23H,5H2,1-4H3/b21-11+/t23-/m1/s1. The number of ether oxygens (including phenoxy) is 3. The van der Waals surface area contributed by atoms with E-state index in [1.54, 1.807) is 56.3 Å². The molecule has 1 aliphatic heterocycles. The Kier molecular flexibility index (Phi) is 7.87. The van der Waals surface area contributed by atoms with Gasteiger partial charge in [-0.3, -0.25) is 14.2 Å². The van der Waals surface area contributed by atoms with Crippen molar-refractivity contribution in [1.29, 1.82) is 0 Å². The summed E-state index contributed by atoms with van der Waals surface area (Å²) in [6.07, 6.45) is 1.69. The lowest BCUT2D eigenvalue weighted by atomic mass is 9.95. The number of carbonyl (C=O) groups is 2. The SMILES string of the molecule is CCOC(=O)C1=C(C)N=c2s/c(=C/c3ccc(Cl)c(Cl)c3)c(=O)n2[C@@H]1c1ccc(OC(C)=O)c(OC)c1. The normalized spacial score (nSPS) is 15.2. The van der Waals surface area contributed by atoms with Crippen molar-refractivity contribution in [3.8, 4) is 11.5 Å². The monoisotopic (exact) mass is 560 g/mol. The molecule has 1 atom stereocenters. The number of allylic oxidation sites excluding steroid dienone is 1. The number of aromatic nitrogens is 1. The highest BCUT2D eigenvalue weighted by molar-refractivity contribution is 7.07. The first kappa shape index (κ1) is 26.7. The van der Waals surface area contributed by atoms with Crippen molar-refractivity contribution in [2.45, 2.75) is 26.8 Å². The molecule has 37 heavy (non-hydrogen) atoms. The van der Waals surface area contributed by atoms with Gasteiger partial charge in [-0.25, -0.2) is 9.79 Å². The van der Waals surface area contributed by atoms with Gasteiger partial charge in [0, 0.05) is 6.92 Å². The summed E-state index contributed by atoms with van der Waals surface area (Å²) in [4.78, 5) is 43.2. The molecule has 0 radical (unpaired) electrons. The zero-order valence-corrected chi connectivity index (χ0v) is 22.7. The number of esters is 2. The summed E-state index contributed by atoms with van der Waals surface area (Å²) >= 11 is 13.4. The van der Waals surface area contributed by atoms with Crippen molar-refractivity contribution in [2.24, 2.45) is 4.99 Å². The molecule has 0 spiro atoms. The molecule has 3 aromatic rings. The second kappa shape index (κ2) is 10.9. The van der Waals surface area contributed by atoms with E-state index in [-0.39, 0.29) is 29.2 Å². The first-order valence-corrected chi connectivity index (χ1v) is 12.7. The molecule has 4 rings (SSSR count). The van der Waals surface area contributed by atoms with Gasteiger partial charge < -0.3 is 14.2 Å². The Morgan fingerprint density at radius 1 is 1.14 bits per heavy atom. The Hall–Kier alpha value is -3.40. The molecular formula is C26H22Cl2N2O6S. The van der Waals surface area contributed by atoms with Crippen molar-refractivity contribution in [3.05, 3.63) is 88.5 Å². The van der Waals surface area contributed by atoms with E-state index in [9.17, 15) is 14.4 Å². The maximum atomic E-state index is 13.7. The molecular weight excluding hydrogens is 539 g/mol. The fourth-order valence-electron chi connectivity index (χ4n) is 3.95. The van der Waals surface area contributed by atoms with Crippen LogP contribution >= 0.6 is 34.5 Å². The predicted molar refractivity (Wildman–Crippen MR) is 141 cm³/mol. The molecule has 0 bridgehead atoms. The number of hydrogen-bond donors (Lipinski definition) is 0. The smallest absolute Gasteiger partial charge is 0.338 e. The third-order valence-corrected chi connectivity index (χ3v) is 7.24. The lowest BCUT2D eigenvalue weighted by Gasteiger charge is -2.25. The van der Waals surface area contributed by atoms with Gasteiger partial charge >= 0.3 is 11.9 Å². The Morgan fingerprint density at radius 3 is 2.54 bits per heavy atom. The van der Waals surface area contributed by atoms with Gasteiger partial charge in [-0.05, 0) is 55.3 Å². The summed E-state index contributed by atoms with van der Waals surface area (Å²) in [5, 5.41) is 0.766. The van der Waals surface area contributed by atoms with Crippen LogP contribution in [0, 0.1) is 0 Å². The van der Waals surface area contributed by atoms with E-state index in [2.05, 4.69) is 4.99 Å². The summed E-state index contributed by atoms with van der Waals surface area (Å²) in [5.74, 6) is -0.618. The fourth-order valence-corrected chi connectivity index (χ4v) is 5.31. The number of methoxy groups -OCH3 is 1. The first-order valence-electron chi connectivity index (χ1n) is 11.2. The van der Waals surface area contributed by atoms with Crippen molar-refractivity contribution in [1.82, 2.24) is 4.57 Å². The van der Waals surface area contributed by atoms with Gasteiger partial charge in [-0.2, -0.15) is 0 Å². The maximum absolute atomic E-state index is 13.7. The second-order valence-corrected chi connectivity index (χ2v) is 9.80. The summed E-state index contributed by atoms with van der Waals surface area (Å²) < 4.78 is 17.8. The van der Waals surface area contributed by atoms with Crippen LogP contribution in [0.4, 0.5) is 0 Å². The molecule has 0 saturated heterocycles. The third kappa shape index (κ3) is 5.34. The lowest BCUT2D eigenvalue weighted by molar-refractivity contribution is -0.139. The highest BCUT2D eigenvalue weighted by Crippen LogP contribution is 2.36. The molecule has 2 heterocycles. The Labute approximate surface area is 226 Å². The van der Waals surface area contributed by atoms with Crippen LogP contribution in [0.3, 0.4) is 0 Å². The van der Waals surface area contributed by atoms with Gasteiger partial charge in [0.1, 0.15) is 0 Å². The minimum atomic E-state index is -0.855. The maximum Gasteiger partial charge on any atom is 0.338 e.